The number of nitrogens with zero attached hydrogens (tertiary/aromatic N) is 3. The van der Waals surface area contributed by atoms with Gasteiger partial charge in [-0.15, -0.1) is 10.2 Å². The first-order valence-corrected chi connectivity index (χ1v) is 10.4. The topological polar surface area (TPSA) is 86.1 Å². The molecule has 1 fully saturated rings. The van der Waals surface area contributed by atoms with E-state index in [0.717, 1.165) is 35.0 Å². The Balaban J connectivity index is 1.57. The molecule has 8 heteroatoms. The molecule has 7 nitrogen and oxygen atoms in total. The number of carbonyl (C=O) groups is 1. The van der Waals surface area contributed by atoms with Gasteiger partial charge < -0.3 is 14.6 Å². The van der Waals surface area contributed by atoms with Gasteiger partial charge in [0.25, 0.3) is 11.5 Å². The average Bonchev–Trinajstić information content (AvgIpc) is 3.36. The zero-order valence-electron chi connectivity index (χ0n) is 16.3. The van der Waals surface area contributed by atoms with Crippen molar-refractivity contribution in [2.24, 2.45) is 0 Å². The van der Waals surface area contributed by atoms with Crippen LogP contribution >= 0.6 is 11.3 Å². The molecular formula is C21H22N4O3S. The lowest BCUT2D eigenvalue weighted by Gasteiger charge is -2.14. The van der Waals surface area contributed by atoms with Crippen LogP contribution in [0.15, 0.2) is 41.3 Å². The van der Waals surface area contributed by atoms with Gasteiger partial charge in [0, 0.05) is 24.1 Å². The first-order chi connectivity index (χ1) is 14.0. The van der Waals surface area contributed by atoms with E-state index in [9.17, 15) is 9.59 Å². The number of aryl methyl sites for hydroxylation is 2. The molecule has 4 rings (SSSR count). The van der Waals surface area contributed by atoms with E-state index in [1.807, 2.05) is 25.1 Å². The number of amides is 1. The van der Waals surface area contributed by atoms with E-state index >= 15 is 0 Å². The zero-order valence-corrected chi connectivity index (χ0v) is 17.2. The molecular weight excluding hydrogens is 388 g/mol. The second-order valence-corrected chi connectivity index (χ2v) is 8.31. The minimum Gasteiger partial charge on any atom is -0.376 e. The van der Waals surface area contributed by atoms with E-state index in [-0.39, 0.29) is 17.2 Å². The van der Waals surface area contributed by atoms with Crippen molar-refractivity contribution in [1.29, 1.82) is 0 Å². The number of hydrogen-bond donors (Lipinski definition) is 1. The Hall–Kier alpha value is -2.84. The van der Waals surface area contributed by atoms with Gasteiger partial charge in [0.1, 0.15) is 15.6 Å². The number of pyridine rings is 1. The fourth-order valence-corrected chi connectivity index (χ4v) is 4.12. The molecule has 3 aromatic rings. The highest BCUT2D eigenvalue weighted by Crippen LogP contribution is 2.25. The van der Waals surface area contributed by atoms with E-state index in [0.29, 0.717) is 17.8 Å². The summed E-state index contributed by atoms with van der Waals surface area (Å²) in [6, 6.07) is 9.18. The van der Waals surface area contributed by atoms with E-state index < -0.39 is 5.91 Å². The van der Waals surface area contributed by atoms with Crippen molar-refractivity contribution in [3.63, 3.8) is 0 Å². The summed E-state index contributed by atoms with van der Waals surface area (Å²) in [5, 5.41) is 12.7. The largest absolute Gasteiger partial charge is 0.376 e. The van der Waals surface area contributed by atoms with Crippen molar-refractivity contribution in [1.82, 2.24) is 14.8 Å². The van der Waals surface area contributed by atoms with Crippen molar-refractivity contribution >= 4 is 22.9 Å². The van der Waals surface area contributed by atoms with Crippen molar-refractivity contribution < 1.29 is 9.53 Å². The second kappa shape index (κ2) is 8.26. The van der Waals surface area contributed by atoms with Crippen LogP contribution in [-0.4, -0.2) is 33.4 Å². The average molecular weight is 410 g/mol. The Kier molecular flexibility index (Phi) is 5.55. The predicted molar refractivity (Wildman–Crippen MR) is 112 cm³/mol. The van der Waals surface area contributed by atoms with Crippen LogP contribution in [0.4, 0.5) is 5.69 Å². The standard InChI is InChI=1S/C21H22N4O3S/c1-13-8-9-25(12-17-7-4-10-28-17)21(27)18(13)19(26)22-16-6-3-5-15(11-16)20-24-23-14(2)29-20/h3,5-6,8-9,11,17H,4,7,10,12H2,1-2H3,(H,22,26). The number of anilines is 1. The monoisotopic (exact) mass is 410 g/mol. The molecule has 0 spiro atoms. The van der Waals surface area contributed by atoms with Crippen molar-refractivity contribution in [2.75, 3.05) is 11.9 Å². The molecule has 29 heavy (non-hydrogen) atoms. The van der Waals surface area contributed by atoms with Crippen LogP contribution in [0.25, 0.3) is 10.6 Å². The van der Waals surface area contributed by atoms with E-state index in [2.05, 4.69) is 15.5 Å². The highest BCUT2D eigenvalue weighted by atomic mass is 32.1. The van der Waals surface area contributed by atoms with Gasteiger partial charge in [-0.05, 0) is 50.5 Å². The van der Waals surface area contributed by atoms with Crippen LogP contribution in [0.5, 0.6) is 0 Å². The molecule has 1 N–H and O–H groups in total. The smallest absolute Gasteiger partial charge is 0.263 e. The molecule has 0 bridgehead atoms. The third kappa shape index (κ3) is 4.28. The fraction of sp³-hybridized carbons (Fsp3) is 0.333. The van der Waals surface area contributed by atoms with Crippen LogP contribution in [-0.2, 0) is 11.3 Å². The maximum Gasteiger partial charge on any atom is 0.263 e. The summed E-state index contributed by atoms with van der Waals surface area (Å²) >= 11 is 1.49. The molecule has 1 aliphatic rings. The van der Waals surface area contributed by atoms with Gasteiger partial charge in [0.15, 0.2) is 0 Å². The van der Waals surface area contributed by atoms with Crippen LogP contribution in [0.3, 0.4) is 0 Å². The predicted octanol–water partition coefficient (Wildman–Crippen LogP) is 3.41. The SMILES string of the molecule is Cc1nnc(-c2cccc(NC(=O)c3c(C)ccn(CC4CCCO4)c3=O)c2)s1. The van der Waals surface area contributed by atoms with Gasteiger partial charge in [0.2, 0.25) is 0 Å². The quantitative estimate of drug-likeness (QED) is 0.697. The minimum atomic E-state index is -0.417. The van der Waals surface area contributed by atoms with Gasteiger partial charge in [-0.1, -0.05) is 23.5 Å². The lowest BCUT2D eigenvalue weighted by atomic mass is 10.1. The number of aromatic nitrogens is 3. The summed E-state index contributed by atoms with van der Waals surface area (Å²) in [7, 11) is 0. The summed E-state index contributed by atoms with van der Waals surface area (Å²) in [5.74, 6) is -0.417. The summed E-state index contributed by atoms with van der Waals surface area (Å²) < 4.78 is 7.19. The molecule has 2 aromatic heterocycles. The molecule has 0 aliphatic carbocycles. The van der Waals surface area contributed by atoms with Gasteiger partial charge in [-0.25, -0.2) is 0 Å². The van der Waals surface area contributed by atoms with E-state index in [1.54, 1.807) is 29.8 Å². The Bertz CT molecular complexity index is 1100. The number of ether oxygens (including phenoxy) is 1. The first-order valence-electron chi connectivity index (χ1n) is 9.55. The molecule has 0 radical (unpaired) electrons. The third-order valence-electron chi connectivity index (χ3n) is 4.92. The van der Waals surface area contributed by atoms with Gasteiger partial charge in [-0.3, -0.25) is 9.59 Å². The molecule has 0 saturated carbocycles. The van der Waals surface area contributed by atoms with E-state index in [4.69, 9.17) is 4.74 Å². The Labute approximate surface area is 172 Å². The number of carbonyl (C=O) groups excluding carboxylic acids is 1. The lowest BCUT2D eigenvalue weighted by Crippen LogP contribution is -2.32. The van der Waals surface area contributed by atoms with Crippen LogP contribution in [0, 0.1) is 13.8 Å². The van der Waals surface area contributed by atoms with Gasteiger partial charge in [-0.2, -0.15) is 0 Å². The lowest BCUT2D eigenvalue weighted by molar-refractivity contribution is 0.0952. The third-order valence-corrected chi connectivity index (χ3v) is 5.81. The Morgan fingerprint density at radius 2 is 2.17 bits per heavy atom. The summed E-state index contributed by atoms with van der Waals surface area (Å²) in [6.45, 7) is 4.86. The van der Waals surface area contributed by atoms with Crippen LogP contribution in [0.1, 0.15) is 33.8 Å². The normalized spacial score (nSPS) is 16.1. The molecule has 1 aliphatic heterocycles. The van der Waals surface area contributed by atoms with Gasteiger partial charge in [0.05, 0.1) is 12.6 Å². The van der Waals surface area contributed by atoms with Crippen molar-refractivity contribution in [3.8, 4) is 10.6 Å². The number of rotatable bonds is 5. The minimum absolute atomic E-state index is 0.0263. The summed E-state index contributed by atoms with van der Waals surface area (Å²) in [5.41, 5.74) is 1.98. The molecule has 1 aromatic carbocycles. The Morgan fingerprint density at radius 1 is 1.31 bits per heavy atom. The van der Waals surface area contributed by atoms with Gasteiger partial charge >= 0.3 is 0 Å². The molecule has 1 amide bonds. The highest BCUT2D eigenvalue weighted by molar-refractivity contribution is 7.14. The maximum absolute atomic E-state index is 12.9. The zero-order chi connectivity index (χ0) is 20.4. The maximum atomic E-state index is 12.9. The molecule has 1 saturated heterocycles. The van der Waals surface area contributed by atoms with Crippen molar-refractivity contribution in [3.05, 3.63) is 63.0 Å². The number of benzene rings is 1. The number of nitrogens with one attached hydrogen (secondary N) is 1. The number of hydrogen-bond acceptors (Lipinski definition) is 6. The molecule has 1 atom stereocenters. The second-order valence-electron chi connectivity index (χ2n) is 7.13. The summed E-state index contributed by atoms with van der Waals surface area (Å²) in [6.07, 6.45) is 3.69. The Morgan fingerprint density at radius 3 is 2.90 bits per heavy atom. The molecule has 150 valence electrons. The molecule has 1 unspecified atom stereocenters. The van der Waals surface area contributed by atoms with Crippen LogP contribution < -0.4 is 10.9 Å². The van der Waals surface area contributed by atoms with Crippen LogP contribution in [0.2, 0.25) is 0 Å². The molecule has 3 heterocycles. The van der Waals surface area contributed by atoms with E-state index in [1.165, 1.54) is 11.3 Å². The fourth-order valence-electron chi connectivity index (χ4n) is 3.43. The highest BCUT2D eigenvalue weighted by Gasteiger charge is 2.20. The first kappa shape index (κ1) is 19.5. The van der Waals surface area contributed by atoms with Crippen molar-refractivity contribution in [2.45, 2.75) is 39.3 Å². The summed E-state index contributed by atoms with van der Waals surface area (Å²) in [4.78, 5) is 25.8.